The highest BCUT2D eigenvalue weighted by molar-refractivity contribution is 5.38. The van der Waals surface area contributed by atoms with Crippen molar-refractivity contribution in [1.82, 2.24) is 10.2 Å². The first-order valence-electron chi connectivity index (χ1n) is 7.27. The molecule has 0 bridgehead atoms. The number of nitrogens with two attached hydrogens (primary N) is 1. The minimum absolute atomic E-state index is 0.107. The van der Waals surface area contributed by atoms with Crippen LogP contribution in [0.4, 0.5) is 0 Å². The summed E-state index contributed by atoms with van der Waals surface area (Å²) in [6.07, 6.45) is 1.56. The summed E-state index contributed by atoms with van der Waals surface area (Å²) in [7, 11) is 1.69. The number of aromatic nitrogens is 2. The second-order valence-electron chi connectivity index (χ2n) is 5.37. The molecule has 1 aromatic heterocycles. The summed E-state index contributed by atoms with van der Waals surface area (Å²) in [6, 6.07) is 8.10. The summed E-state index contributed by atoms with van der Waals surface area (Å²) in [4.78, 5) is 0. The van der Waals surface area contributed by atoms with E-state index in [1.807, 2.05) is 25.1 Å². The molecule has 0 aliphatic carbocycles. The predicted octanol–water partition coefficient (Wildman–Crippen LogP) is 2.91. The number of rotatable bonds is 5. The fourth-order valence-electron chi connectivity index (χ4n) is 2.54. The van der Waals surface area contributed by atoms with Crippen molar-refractivity contribution < 1.29 is 4.74 Å². The lowest BCUT2D eigenvalue weighted by Crippen LogP contribution is -2.17. The average molecular weight is 285 g/mol. The van der Waals surface area contributed by atoms with E-state index in [1.165, 1.54) is 5.56 Å². The Labute approximate surface area is 126 Å². The third-order valence-electron chi connectivity index (χ3n) is 3.64. The van der Waals surface area contributed by atoms with Gasteiger partial charge in [0, 0.05) is 6.04 Å². The van der Waals surface area contributed by atoms with Crippen molar-refractivity contribution in [3.05, 3.63) is 52.3 Å². The molecule has 0 aliphatic heterocycles. The van der Waals surface area contributed by atoms with Crippen molar-refractivity contribution in [2.24, 2.45) is 5.73 Å². The molecular weight excluding hydrogens is 262 g/mol. The van der Waals surface area contributed by atoms with Crippen molar-refractivity contribution in [2.75, 3.05) is 7.11 Å². The smallest absolute Gasteiger partial charge is 0.122 e. The first-order valence-corrected chi connectivity index (χ1v) is 7.27. The molecule has 0 radical (unpaired) electrons. The van der Waals surface area contributed by atoms with E-state index in [1.54, 1.807) is 7.11 Å². The van der Waals surface area contributed by atoms with Crippen LogP contribution in [0.15, 0.2) is 24.3 Å². The highest BCUT2D eigenvalue weighted by Gasteiger charge is 2.15. The Hall–Kier alpha value is -1.94. The second-order valence-corrected chi connectivity index (χ2v) is 5.37. The van der Waals surface area contributed by atoms with E-state index in [-0.39, 0.29) is 6.04 Å². The largest absolute Gasteiger partial charge is 0.496 e. The molecule has 0 amide bonds. The fourth-order valence-corrected chi connectivity index (χ4v) is 2.54. The SMILES string of the molecule is CCc1nnc(C)cc1C(N)Cc1cc(C)ccc1OC. The van der Waals surface area contributed by atoms with E-state index in [9.17, 15) is 0 Å². The number of ether oxygens (including phenoxy) is 1. The van der Waals surface area contributed by atoms with Gasteiger partial charge in [0.15, 0.2) is 0 Å². The Morgan fingerprint density at radius 1 is 1.19 bits per heavy atom. The van der Waals surface area contributed by atoms with Crippen LogP contribution >= 0.6 is 0 Å². The molecule has 0 spiro atoms. The van der Waals surface area contributed by atoms with Crippen molar-refractivity contribution in [3.63, 3.8) is 0 Å². The number of hydrogen-bond donors (Lipinski definition) is 1. The zero-order chi connectivity index (χ0) is 15.4. The molecule has 1 aromatic carbocycles. The molecule has 4 nitrogen and oxygen atoms in total. The normalized spacial score (nSPS) is 12.2. The second kappa shape index (κ2) is 6.68. The van der Waals surface area contributed by atoms with Crippen molar-refractivity contribution in [1.29, 1.82) is 0 Å². The summed E-state index contributed by atoms with van der Waals surface area (Å²) in [5.41, 5.74) is 11.7. The lowest BCUT2D eigenvalue weighted by atomic mass is 9.96. The van der Waals surface area contributed by atoms with Gasteiger partial charge >= 0.3 is 0 Å². The van der Waals surface area contributed by atoms with Gasteiger partial charge in [-0.1, -0.05) is 24.6 Å². The lowest BCUT2D eigenvalue weighted by Gasteiger charge is -2.17. The standard InChI is InChI=1S/C17H23N3O/c1-5-16-14(9-12(3)19-20-16)15(18)10-13-8-11(2)6-7-17(13)21-4/h6-9,15H,5,10,18H2,1-4H3. The number of methoxy groups -OCH3 is 1. The molecule has 2 aromatic rings. The Balaban J connectivity index is 2.31. The van der Waals surface area contributed by atoms with Crippen LogP contribution in [0, 0.1) is 13.8 Å². The van der Waals surface area contributed by atoms with Crippen LogP contribution in [-0.2, 0) is 12.8 Å². The predicted molar refractivity (Wildman–Crippen MR) is 84.5 cm³/mol. The molecule has 0 saturated carbocycles. The van der Waals surface area contributed by atoms with Gasteiger partial charge in [0.2, 0.25) is 0 Å². The molecule has 112 valence electrons. The van der Waals surface area contributed by atoms with Crippen molar-refractivity contribution in [2.45, 2.75) is 39.7 Å². The first kappa shape index (κ1) is 15.4. The number of hydrogen-bond acceptors (Lipinski definition) is 4. The van der Waals surface area contributed by atoms with Crippen molar-refractivity contribution >= 4 is 0 Å². The van der Waals surface area contributed by atoms with Gasteiger partial charge in [0.05, 0.1) is 18.5 Å². The average Bonchev–Trinajstić information content (AvgIpc) is 2.47. The summed E-state index contributed by atoms with van der Waals surface area (Å²) < 4.78 is 5.43. The third-order valence-corrected chi connectivity index (χ3v) is 3.64. The highest BCUT2D eigenvalue weighted by atomic mass is 16.5. The van der Waals surface area contributed by atoms with Crippen LogP contribution in [0.5, 0.6) is 5.75 Å². The van der Waals surface area contributed by atoms with Gasteiger partial charge < -0.3 is 10.5 Å². The molecule has 0 fully saturated rings. The Bertz CT molecular complexity index is 625. The van der Waals surface area contributed by atoms with E-state index >= 15 is 0 Å². The van der Waals surface area contributed by atoms with Gasteiger partial charge in [-0.05, 0) is 49.9 Å². The van der Waals surface area contributed by atoms with E-state index < -0.39 is 0 Å². The maximum Gasteiger partial charge on any atom is 0.122 e. The molecule has 4 heteroatoms. The Kier molecular flexibility index (Phi) is 4.91. The zero-order valence-electron chi connectivity index (χ0n) is 13.2. The number of benzene rings is 1. The molecule has 1 unspecified atom stereocenters. The van der Waals surface area contributed by atoms with Crippen LogP contribution in [0.25, 0.3) is 0 Å². The minimum Gasteiger partial charge on any atom is -0.496 e. The van der Waals surface area contributed by atoms with Gasteiger partial charge in [-0.3, -0.25) is 0 Å². The van der Waals surface area contributed by atoms with Gasteiger partial charge in [-0.15, -0.1) is 0 Å². The summed E-state index contributed by atoms with van der Waals surface area (Å²) in [5.74, 6) is 0.882. The molecule has 2 N–H and O–H groups in total. The molecule has 0 aliphatic rings. The first-order chi connectivity index (χ1) is 10.0. The molecule has 1 atom stereocenters. The van der Waals surface area contributed by atoms with E-state index in [2.05, 4.69) is 30.1 Å². The van der Waals surface area contributed by atoms with Gasteiger partial charge in [-0.2, -0.15) is 10.2 Å². The van der Waals surface area contributed by atoms with Gasteiger partial charge in [0.25, 0.3) is 0 Å². The molecular formula is C17H23N3O. The zero-order valence-corrected chi connectivity index (χ0v) is 13.2. The Morgan fingerprint density at radius 3 is 2.62 bits per heavy atom. The summed E-state index contributed by atoms with van der Waals surface area (Å²) >= 11 is 0. The maximum absolute atomic E-state index is 6.42. The molecule has 0 saturated heterocycles. The fraction of sp³-hybridized carbons (Fsp3) is 0.412. The monoisotopic (exact) mass is 285 g/mol. The van der Waals surface area contributed by atoms with Crippen LogP contribution in [0.3, 0.4) is 0 Å². The van der Waals surface area contributed by atoms with Crippen molar-refractivity contribution in [3.8, 4) is 5.75 Å². The Morgan fingerprint density at radius 2 is 1.95 bits per heavy atom. The highest BCUT2D eigenvalue weighted by Crippen LogP contribution is 2.26. The van der Waals surface area contributed by atoms with Crippen LogP contribution in [0.1, 0.15) is 41.0 Å². The minimum atomic E-state index is -0.107. The van der Waals surface area contributed by atoms with Crippen LogP contribution in [-0.4, -0.2) is 17.3 Å². The number of aryl methyl sites for hydroxylation is 3. The molecule has 2 rings (SSSR count). The van der Waals surface area contributed by atoms with Gasteiger partial charge in [-0.25, -0.2) is 0 Å². The van der Waals surface area contributed by atoms with E-state index in [4.69, 9.17) is 10.5 Å². The lowest BCUT2D eigenvalue weighted by molar-refractivity contribution is 0.408. The molecule has 21 heavy (non-hydrogen) atoms. The topological polar surface area (TPSA) is 61.0 Å². The quantitative estimate of drug-likeness (QED) is 0.917. The van der Waals surface area contributed by atoms with Gasteiger partial charge in [0.1, 0.15) is 5.75 Å². The van der Waals surface area contributed by atoms with Crippen LogP contribution < -0.4 is 10.5 Å². The van der Waals surface area contributed by atoms with Crippen LogP contribution in [0.2, 0.25) is 0 Å². The summed E-state index contributed by atoms with van der Waals surface area (Å²) in [6.45, 7) is 6.09. The third kappa shape index (κ3) is 3.58. The summed E-state index contributed by atoms with van der Waals surface area (Å²) in [5, 5.41) is 8.38. The van der Waals surface area contributed by atoms with E-state index in [0.29, 0.717) is 0 Å². The van der Waals surface area contributed by atoms with E-state index in [0.717, 1.165) is 41.1 Å². The number of nitrogens with zero attached hydrogens (tertiary/aromatic N) is 2. The maximum atomic E-state index is 6.42. The molecule has 1 heterocycles.